The van der Waals surface area contributed by atoms with Gasteiger partial charge in [-0.2, -0.15) is 5.26 Å². The van der Waals surface area contributed by atoms with E-state index in [1.165, 1.54) is 37.3 Å². The lowest BCUT2D eigenvalue weighted by Gasteiger charge is -2.12. The maximum atomic E-state index is 13.6. The number of nitrogens with one attached hydrogen (secondary N) is 1. The predicted octanol–water partition coefficient (Wildman–Crippen LogP) is 3.93. The van der Waals surface area contributed by atoms with Gasteiger partial charge in [-0.15, -0.1) is 0 Å². The number of hydrogen-bond acceptors (Lipinski definition) is 4. The van der Waals surface area contributed by atoms with Crippen molar-refractivity contribution < 1.29 is 18.7 Å². The lowest BCUT2D eigenvalue weighted by Crippen LogP contribution is -2.29. The Bertz CT molecular complexity index is 886. The molecule has 1 atom stereocenters. The number of anilines is 1. The third-order valence-electron chi connectivity index (χ3n) is 3.31. The summed E-state index contributed by atoms with van der Waals surface area (Å²) in [5, 5.41) is 11.5. The van der Waals surface area contributed by atoms with Crippen molar-refractivity contribution in [2.24, 2.45) is 0 Å². The van der Waals surface area contributed by atoms with Gasteiger partial charge in [-0.25, -0.2) is 9.18 Å². The maximum Gasteiger partial charge on any atom is 0.331 e. The molecule has 0 saturated heterocycles. The molecule has 0 aliphatic heterocycles. The molecular formula is C19H14ClFN2O3. The number of nitriles is 1. The van der Waals surface area contributed by atoms with Crippen molar-refractivity contribution >= 4 is 35.2 Å². The SMILES string of the molecule is C[C@@H](OC(=O)/C=C/c1c(F)cccc1Cl)C(=O)Nc1cccc(C#N)c1. The summed E-state index contributed by atoms with van der Waals surface area (Å²) >= 11 is 5.85. The van der Waals surface area contributed by atoms with Crippen LogP contribution in [0.2, 0.25) is 5.02 Å². The summed E-state index contributed by atoms with van der Waals surface area (Å²) in [6, 6.07) is 12.4. The molecule has 0 saturated carbocycles. The van der Waals surface area contributed by atoms with Crippen LogP contribution < -0.4 is 5.32 Å². The van der Waals surface area contributed by atoms with E-state index < -0.39 is 23.8 Å². The molecule has 0 aliphatic rings. The van der Waals surface area contributed by atoms with Gasteiger partial charge in [0.1, 0.15) is 5.82 Å². The highest BCUT2D eigenvalue weighted by Gasteiger charge is 2.17. The topological polar surface area (TPSA) is 79.2 Å². The number of carbonyl (C=O) groups excluding carboxylic acids is 2. The average Bonchev–Trinajstić information content (AvgIpc) is 2.61. The summed E-state index contributed by atoms with van der Waals surface area (Å²) in [6.45, 7) is 1.39. The molecule has 2 aromatic carbocycles. The van der Waals surface area contributed by atoms with E-state index in [-0.39, 0.29) is 10.6 Å². The molecule has 5 nitrogen and oxygen atoms in total. The van der Waals surface area contributed by atoms with Crippen LogP contribution in [-0.4, -0.2) is 18.0 Å². The van der Waals surface area contributed by atoms with Crippen LogP contribution in [0.1, 0.15) is 18.1 Å². The van der Waals surface area contributed by atoms with Crippen molar-refractivity contribution in [1.82, 2.24) is 0 Å². The van der Waals surface area contributed by atoms with E-state index in [1.807, 2.05) is 6.07 Å². The number of ether oxygens (including phenoxy) is 1. The molecule has 0 unspecified atom stereocenters. The first-order valence-electron chi connectivity index (χ1n) is 7.54. The number of halogens is 2. The second-order valence-electron chi connectivity index (χ2n) is 5.23. The molecule has 26 heavy (non-hydrogen) atoms. The molecule has 1 N–H and O–H groups in total. The summed E-state index contributed by atoms with van der Waals surface area (Å²) in [4.78, 5) is 23.9. The van der Waals surface area contributed by atoms with Gasteiger partial charge in [0.15, 0.2) is 6.10 Å². The van der Waals surface area contributed by atoms with Crippen molar-refractivity contribution in [3.05, 3.63) is 70.5 Å². The van der Waals surface area contributed by atoms with Crippen LogP contribution in [-0.2, 0) is 14.3 Å². The monoisotopic (exact) mass is 372 g/mol. The molecular weight excluding hydrogens is 359 g/mol. The summed E-state index contributed by atoms with van der Waals surface area (Å²) in [7, 11) is 0. The zero-order valence-corrected chi connectivity index (χ0v) is 14.5. The number of amides is 1. The predicted molar refractivity (Wildman–Crippen MR) is 95.8 cm³/mol. The number of hydrogen-bond donors (Lipinski definition) is 1. The van der Waals surface area contributed by atoms with Crippen molar-refractivity contribution in [3.63, 3.8) is 0 Å². The summed E-state index contributed by atoms with van der Waals surface area (Å²) in [5.41, 5.74) is 0.847. The first-order valence-corrected chi connectivity index (χ1v) is 7.92. The fraction of sp³-hybridized carbons (Fsp3) is 0.105. The van der Waals surface area contributed by atoms with Crippen LogP contribution >= 0.6 is 11.6 Å². The minimum Gasteiger partial charge on any atom is -0.449 e. The Morgan fingerprint density at radius 2 is 2.04 bits per heavy atom. The van der Waals surface area contributed by atoms with Gasteiger partial charge in [0.2, 0.25) is 0 Å². The normalized spacial score (nSPS) is 11.6. The van der Waals surface area contributed by atoms with Gasteiger partial charge in [0.05, 0.1) is 16.7 Å². The first-order chi connectivity index (χ1) is 12.4. The van der Waals surface area contributed by atoms with Crippen molar-refractivity contribution in [2.45, 2.75) is 13.0 Å². The van der Waals surface area contributed by atoms with Crippen LogP contribution in [0.15, 0.2) is 48.5 Å². The molecule has 0 radical (unpaired) electrons. The van der Waals surface area contributed by atoms with Gasteiger partial charge >= 0.3 is 5.97 Å². The molecule has 0 heterocycles. The fourth-order valence-corrected chi connectivity index (χ4v) is 2.22. The number of benzene rings is 2. The van der Waals surface area contributed by atoms with Crippen molar-refractivity contribution in [2.75, 3.05) is 5.32 Å². The van der Waals surface area contributed by atoms with Crippen LogP contribution in [0.25, 0.3) is 6.08 Å². The van der Waals surface area contributed by atoms with E-state index in [4.69, 9.17) is 21.6 Å². The minimum atomic E-state index is -1.09. The van der Waals surface area contributed by atoms with Crippen LogP contribution in [0, 0.1) is 17.1 Å². The zero-order chi connectivity index (χ0) is 19.1. The molecule has 0 bridgehead atoms. The van der Waals surface area contributed by atoms with Gasteiger partial charge in [0, 0.05) is 17.3 Å². The Labute approximate surface area is 154 Å². The van der Waals surface area contributed by atoms with E-state index in [2.05, 4.69) is 5.32 Å². The fourth-order valence-electron chi connectivity index (χ4n) is 2.00. The quantitative estimate of drug-likeness (QED) is 0.637. The molecule has 0 aromatic heterocycles. The molecule has 0 fully saturated rings. The maximum absolute atomic E-state index is 13.6. The van der Waals surface area contributed by atoms with Gasteiger partial charge in [0.25, 0.3) is 5.91 Å². The van der Waals surface area contributed by atoms with Crippen LogP contribution in [0.4, 0.5) is 10.1 Å². The third kappa shape index (κ3) is 5.16. The van der Waals surface area contributed by atoms with Crippen molar-refractivity contribution in [3.8, 4) is 6.07 Å². The molecule has 132 valence electrons. The molecule has 7 heteroatoms. The third-order valence-corrected chi connectivity index (χ3v) is 3.64. The second-order valence-corrected chi connectivity index (χ2v) is 5.64. The minimum absolute atomic E-state index is 0.0524. The van der Waals surface area contributed by atoms with Gasteiger partial charge in [-0.1, -0.05) is 23.7 Å². The van der Waals surface area contributed by atoms with E-state index in [9.17, 15) is 14.0 Å². The average molecular weight is 373 g/mol. The summed E-state index contributed by atoms with van der Waals surface area (Å²) in [6.07, 6.45) is 1.08. The molecule has 2 rings (SSSR count). The van der Waals surface area contributed by atoms with Gasteiger partial charge < -0.3 is 10.1 Å². The molecule has 0 spiro atoms. The Kier molecular flexibility index (Phi) is 6.48. The van der Waals surface area contributed by atoms with E-state index in [0.29, 0.717) is 11.3 Å². The molecule has 2 aromatic rings. The highest BCUT2D eigenvalue weighted by molar-refractivity contribution is 6.32. The van der Waals surface area contributed by atoms with Crippen LogP contribution in [0.3, 0.4) is 0 Å². The summed E-state index contributed by atoms with van der Waals surface area (Å²) in [5.74, 6) is -1.96. The Balaban J connectivity index is 1.96. The van der Waals surface area contributed by atoms with Gasteiger partial charge in [-0.05, 0) is 43.3 Å². The highest BCUT2D eigenvalue weighted by Crippen LogP contribution is 2.20. The standard InChI is InChI=1S/C19H14ClFN2O3/c1-12(19(25)23-14-5-2-4-13(10-14)11-22)26-18(24)9-8-15-16(20)6-3-7-17(15)21/h2-10,12H,1H3,(H,23,25)/b9-8+/t12-/m1/s1. The van der Waals surface area contributed by atoms with Gasteiger partial charge in [-0.3, -0.25) is 4.79 Å². The molecule has 0 aliphatic carbocycles. The van der Waals surface area contributed by atoms with Crippen molar-refractivity contribution in [1.29, 1.82) is 5.26 Å². The number of esters is 1. The van der Waals surface area contributed by atoms with Crippen LogP contribution in [0.5, 0.6) is 0 Å². The van der Waals surface area contributed by atoms with E-state index >= 15 is 0 Å². The lowest BCUT2D eigenvalue weighted by atomic mass is 10.2. The number of nitrogens with zero attached hydrogens (tertiary/aromatic N) is 1. The Hall–Kier alpha value is -3.17. The smallest absolute Gasteiger partial charge is 0.331 e. The lowest BCUT2D eigenvalue weighted by molar-refractivity contribution is -0.148. The number of rotatable bonds is 5. The van der Waals surface area contributed by atoms with E-state index in [0.717, 1.165) is 6.08 Å². The zero-order valence-electron chi connectivity index (χ0n) is 13.7. The van der Waals surface area contributed by atoms with E-state index in [1.54, 1.807) is 18.2 Å². The summed E-state index contributed by atoms with van der Waals surface area (Å²) < 4.78 is 18.6. The Morgan fingerprint density at radius 1 is 1.31 bits per heavy atom. The molecule has 1 amide bonds. The number of carbonyl (C=O) groups is 2. The largest absolute Gasteiger partial charge is 0.449 e. The first kappa shape index (κ1) is 19.2. The second kappa shape index (κ2) is 8.79. The Morgan fingerprint density at radius 3 is 2.73 bits per heavy atom. The highest BCUT2D eigenvalue weighted by atomic mass is 35.5.